The minimum absolute atomic E-state index is 0.000282. The molecule has 0 radical (unpaired) electrons. The number of rotatable bonds is 6. The Morgan fingerprint density at radius 3 is 2.38 bits per heavy atom. The fraction of sp³-hybridized carbons (Fsp3) is 0.700. The van der Waals surface area contributed by atoms with E-state index in [1.807, 2.05) is 13.8 Å². The van der Waals surface area contributed by atoms with Crippen molar-refractivity contribution in [3.63, 3.8) is 0 Å². The van der Waals surface area contributed by atoms with Gasteiger partial charge in [-0.25, -0.2) is 0 Å². The first-order valence-electron chi connectivity index (χ1n) is 5.12. The Morgan fingerprint density at radius 1 is 1.44 bits per heavy atom. The Bertz CT molecular complexity index is 279. The van der Waals surface area contributed by atoms with Crippen molar-refractivity contribution in [2.45, 2.75) is 20.8 Å². The van der Waals surface area contributed by atoms with E-state index in [1.54, 1.807) is 6.92 Å². The summed E-state index contributed by atoms with van der Waals surface area (Å²) >= 11 is 4.80. The molecule has 92 valence electrons. The van der Waals surface area contributed by atoms with Gasteiger partial charge in [0.25, 0.3) is 0 Å². The smallest absolute Gasteiger partial charge is 0.325 e. The lowest BCUT2D eigenvalue weighted by molar-refractivity contribution is -0.143. The molecule has 0 saturated carbocycles. The molecule has 0 spiro atoms. The van der Waals surface area contributed by atoms with Crippen LogP contribution in [0.25, 0.3) is 0 Å². The molecule has 1 unspecified atom stereocenters. The fourth-order valence-corrected chi connectivity index (χ4v) is 1.62. The molecule has 6 heteroatoms. The number of hydrogen-bond donors (Lipinski definition) is 2. The van der Waals surface area contributed by atoms with Gasteiger partial charge in [-0.15, -0.1) is 0 Å². The largest absolute Gasteiger partial charge is 0.465 e. The van der Waals surface area contributed by atoms with Gasteiger partial charge in [0.2, 0.25) is 5.91 Å². The van der Waals surface area contributed by atoms with Crippen molar-refractivity contribution in [1.29, 1.82) is 0 Å². The number of hydrogen-bond acceptors (Lipinski definition) is 4. The van der Waals surface area contributed by atoms with Gasteiger partial charge < -0.3 is 15.8 Å². The maximum absolute atomic E-state index is 11.6. The fourth-order valence-electron chi connectivity index (χ4n) is 1.24. The molecule has 0 bridgehead atoms. The van der Waals surface area contributed by atoms with E-state index in [1.165, 1.54) is 0 Å². The molecule has 0 saturated heterocycles. The maximum atomic E-state index is 11.6. The third-order valence-electron chi connectivity index (χ3n) is 1.97. The van der Waals surface area contributed by atoms with Crippen LogP contribution in [0.15, 0.2) is 0 Å². The second-order valence-corrected chi connectivity index (χ2v) is 4.12. The molecule has 0 aliphatic heterocycles. The van der Waals surface area contributed by atoms with Gasteiger partial charge in [0.05, 0.1) is 17.5 Å². The number of carbonyl (C=O) groups excluding carboxylic acids is 2. The van der Waals surface area contributed by atoms with Crippen LogP contribution in [0.5, 0.6) is 0 Å². The molecule has 0 heterocycles. The first-order chi connectivity index (χ1) is 7.40. The van der Waals surface area contributed by atoms with Crippen LogP contribution in [-0.4, -0.2) is 30.0 Å². The number of nitrogens with two attached hydrogens (primary N) is 1. The van der Waals surface area contributed by atoms with Crippen LogP contribution in [0, 0.1) is 11.8 Å². The lowest BCUT2D eigenvalue weighted by Crippen LogP contribution is -2.42. The van der Waals surface area contributed by atoms with Gasteiger partial charge in [-0.05, 0) is 12.8 Å². The third-order valence-corrected chi connectivity index (χ3v) is 2.22. The van der Waals surface area contributed by atoms with E-state index in [4.69, 9.17) is 18.0 Å². The van der Waals surface area contributed by atoms with E-state index in [0.29, 0.717) is 0 Å². The predicted molar refractivity (Wildman–Crippen MR) is 64.8 cm³/mol. The molecule has 0 aliphatic rings. The zero-order valence-corrected chi connectivity index (χ0v) is 10.6. The molecular formula is C10H18N2O3S. The van der Waals surface area contributed by atoms with E-state index in [-0.39, 0.29) is 30.0 Å². The quantitative estimate of drug-likeness (QED) is 0.518. The second-order valence-electron chi connectivity index (χ2n) is 3.65. The topological polar surface area (TPSA) is 81.4 Å². The normalized spacial score (nSPS) is 12.0. The van der Waals surface area contributed by atoms with Gasteiger partial charge in [-0.1, -0.05) is 26.1 Å². The minimum Gasteiger partial charge on any atom is -0.465 e. The summed E-state index contributed by atoms with van der Waals surface area (Å²) in [4.78, 5) is 22.8. The summed E-state index contributed by atoms with van der Waals surface area (Å²) in [5.74, 6) is -1.36. The van der Waals surface area contributed by atoms with Crippen LogP contribution < -0.4 is 11.1 Å². The maximum Gasteiger partial charge on any atom is 0.325 e. The lowest BCUT2D eigenvalue weighted by atomic mass is 9.95. The average molecular weight is 246 g/mol. The van der Waals surface area contributed by atoms with E-state index >= 15 is 0 Å². The van der Waals surface area contributed by atoms with Crippen molar-refractivity contribution in [1.82, 2.24) is 5.32 Å². The van der Waals surface area contributed by atoms with Crippen LogP contribution >= 0.6 is 12.2 Å². The highest BCUT2D eigenvalue weighted by Crippen LogP contribution is 2.11. The number of thiocarbonyl (C=S) groups is 1. The predicted octanol–water partition coefficient (Wildman–Crippen LogP) is 0.224. The van der Waals surface area contributed by atoms with Crippen LogP contribution in [0.4, 0.5) is 0 Å². The number of esters is 1. The molecule has 3 N–H and O–H groups in total. The van der Waals surface area contributed by atoms with Crippen molar-refractivity contribution >= 4 is 29.1 Å². The number of ether oxygens (including phenoxy) is 1. The van der Waals surface area contributed by atoms with Crippen molar-refractivity contribution in [3.8, 4) is 0 Å². The van der Waals surface area contributed by atoms with Crippen LogP contribution in [0.2, 0.25) is 0 Å². The minimum atomic E-state index is -0.551. The molecule has 0 aromatic rings. The molecular weight excluding hydrogens is 228 g/mol. The Morgan fingerprint density at radius 2 is 2.00 bits per heavy atom. The van der Waals surface area contributed by atoms with Gasteiger partial charge in [-0.3, -0.25) is 9.59 Å². The van der Waals surface area contributed by atoms with E-state index in [9.17, 15) is 9.59 Å². The Balaban J connectivity index is 4.22. The SMILES string of the molecule is CCOC(=O)CNC(=O)C(C(N)=S)C(C)C. The highest BCUT2D eigenvalue weighted by molar-refractivity contribution is 7.80. The summed E-state index contributed by atoms with van der Waals surface area (Å²) < 4.78 is 4.68. The first-order valence-corrected chi connectivity index (χ1v) is 5.53. The van der Waals surface area contributed by atoms with Crippen molar-refractivity contribution in [2.24, 2.45) is 17.6 Å². The number of carbonyl (C=O) groups is 2. The second kappa shape index (κ2) is 7.16. The van der Waals surface area contributed by atoms with Crippen LogP contribution in [-0.2, 0) is 14.3 Å². The van der Waals surface area contributed by atoms with Crippen molar-refractivity contribution in [2.75, 3.05) is 13.2 Å². The zero-order valence-electron chi connectivity index (χ0n) is 9.78. The Hall–Kier alpha value is -1.17. The van der Waals surface area contributed by atoms with Crippen LogP contribution in [0.3, 0.4) is 0 Å². The van der Waals surface area contributed by atoms with Gasteiger partial charge >= 0.3 is 5.97 Å². The van der Waals surface area contributed by atoms with Gasteiger partial charge in [0.15, 0.2) is 0 Å². The number of amides is 1. The summed E-state index contributed by atoms with van der Waals surface area (Å²) in [7, 11) is 0. The molecule has 1 atom stereocenters. The first kappa shape index (κ1) is 14.8. The number of nitrogens with one attached hydrogen (secondary N) is 1. The molecule has 0 fully saturated rings. The molecule has 16 heavy (non-hydrogen) atoms. The van der Waals surface area contributed by atoms with E-state index < -0.39 is 11.9 Å². The van der Waals surface area contributed by atoms with E-state index in [0.717, 1.165) is 0 Å². The van der Waals surface area contributed by atoms with Gasteiger partial charge in [0.1, 0.15) is 6.54 Å². The average Bonchev–Trinajstić information content (AvgIpc) is 2.14. The molecule has 5 nitrogen and oxygen atoms in total. The monoisotopic (exact) mass is 246 g/mol. The summed E-state index contributed by atoms with van der Waals surface area (Å²) in [6.07, 6.45) is 0. The zero-order chi connectivity index (χ0) is 12.7. The highest BCUT2D eigenvalue weighted by Gasteiger charge is 2.25. The molecule has 1 amide bonds. The van der Waals surface area contributed by atoms with Crippen molar-refractivity contribution in [3.05, 3.63) is 0 Å². The standard InChI is InChI=1S/C10H18N2O3S/c1-4-15-7(13)5-12-10(14)8(6(2)3)9(11)16/h6,8H,4-5H2,1-3H3,(H2,11,16)(H,12,14). The van der Waals surface area contributed by atoms with Crippen LogP contribution in [0.1, 0.15) is 20.8 Å². The van der Waals surface area contributed by atoms with Gasteiger partial charge in [-0.2, -0.15) is 0 Å². The Labute approximate surface area is 101 Å². The summed E-state index contributed by atoms with van der Waals surface area (Å²) in [6, 6.07) is 0. The molecule has 0 aromatic carbocycles. The summed E-state index contributed by atoms with van der Waals surface area (Å²) in [6.45, 7) is 5.52. The highest BCUT2D eigenvalue weighted by atomic mass is 32.1. The van der Waals surface area contributed by atoms with Crippen molar-refractivity contribution < 1.29 is 14.3 Å². The summed E-state index contributed by atoms with van der Waals surface area (Å²) in [5, 5.41) is 2.45. The molecule has 0 aliphatic carbocycles. The molecule has 0 aromatic heterocycles. The Kier molecular flexibility index (Phi) is 6.64. The van der Waals surface area contributed by atoms with Gasteiger partial charge in [0, 0.05) is 0 Å². The van der Waals surface area contributed by atoms with E-state index in [2.05, 4.69) is 10.1 Å². The molecule has 0 rings (SSSR count). The summed E-state index contributed by atoms with van der Waals surface area (Å²) in [5.41, 5.74) is 5.46. The lowest BCUT2D eigenvalue weighted by Gasteiger charge is -2.18. The third kappa shape index (κ3) is 5.06.